The Morgan fingerprint density at radius 3 is 2.67 bits per heavy atom. The van der Waals surface area contributed by atoms with E-state index in [4.69, 9.17) is 0 Å². The van der Waals surface area contributed by atoms with E-state index in [1.807, 2.05) is 0 Å². The molecule has 0 aromatic carbocycles. The molecule has 0 saturated heterocycles. The van der Waals surface area contributed by atoms with Crippen molar-refractivity contribution in [2.75, 3.05) is 0 Å². The zero-order valence-electron chi connectivity index (χ0n) is 3.03. The Morgan fingerprint density at radius 2 is 2.50 bits per heavy atom. The molecule has 0 fully saturated rings. The normalized spacial score (nSPS) is 8.67. The van der Waals surface area contributed by atoms with Crippen molar-refractivity contribution < 1.29 is 0 Å². The van der Waals surface area contributed by atoms with E-state index in [9.17, 15) is 5.21 Å². The highest BCUT2D eigenvalue weighted by Crippen LogP contribution is 1.74. The first kappa shape index (κ1) is 3.21. The minimum absolute atomic E-state index is 0.500. The fraction of sp³-hybridized carbons (Fsp3) is 0. The summed E-state index contributed by atoms with van der Waals surface area (Å²) in [5.41, 5.74) is 0. The summed E-state index contributed by atoms with van der Waals surface area (Å²) in [6, 6.07) is 1.58. The van der Waals surface area contributed by atoms with Gasteiger partial charge < -0.3 is 10.1 Å². The van der Waals surface area contributed by atoms with Crippen LogP contribution < -0.4 is 0 Å². The Kier molecular flexibility index (Phi) is 0.538. The molecule has 1 aromatic heterocycles. The van der Waals surface area contributed by atoms with Crippen molar-refractivity contribution in [3.63, 3.8) is 0 Å². The quantitative estimate of drug-likeness (QED) is 0.450. The van der Waals surface area contributed by atoms with E-state index in [0.29, 0.717) is 4.85 Å². The third-order valence-electron chi connectivity index (χ3n) is 0.480. The third kappa shape index (κ3) is 0.337. The molecule has 1 aromatic rings. The van der Waals surface area contributed by atoms with Gasteiger partial charge in [0.25, 0.3) is 0 Å². The van der Waals surface area contributed by atoms with Crippen LogP contribution in [0.1, 0.15) is 0 Å². The van der Waals surface area contributed by atoms with E-state index in [1.54, 1.807) is 6.07 Å². The van der Waals surface area contributed by atoms with Crippen LogP contribution in [0.25, 0.3) is 0 Å². The zero-order valence-corrected chi connectivity index (χ0v) is 3.03. The Hall–Kier alpha value is -0.990. The number of nitrogens with zero attached hydrogens (tertiary/aromatic N) is 2. The fourth-order valence-corrected chi connectivity index (χ4v) is 0.255. The van der Waals surface area contributed by atoms with Crippen molar-refractivity contribution in [3.8, 4) is 0 Å². The number of aromatic nitrogens is 2. The van der Waals surface area contributed by atoms with E-state index in [-0.39, 0.29) is 0 Å². The molecule has 32 valence electrons. The van der Waals surface area contributed by atoms with Gasteiger partial charge in [-0.05, 0) is 6.07 Å². The summed E-state index contributed by atoms with van der Waals surface area (Å²) >= 11 is 0. The average Bonchev–Trinajstić information content (AvgIpc) is 1.86. The van der Waals surface area contributed by atoms with Gasteiger partial charge in [0.15, 0.2) is 0 Å². The molecule has 0 amide bonds. The minimum Gasteiger partial charge on any atom is -0.790 e. The SMILES string of the molecule is [O-]n1cccn1. The van der Waals surface area contributed by atoms with E-state index in [2.05, 4.69) is 5.10 Å². The standard InChI is InChI=1S/C3H3N2O/c6-5-3-1-2-4-5/h1-3H/q-1. The Balaban J connectivity index is 3.05. The van der Waals surface area contributed by atoms with Gasteiger partial charge in [0, 0.05) is 12.4 Å². The second kappa shape index (κ2) is 1.01. The van der Waals surface area contributed by atoms with Gasteiger partial charge in [-0.3, -0.25) is 0 Å². The van der Waals surface area contributed by atoms with E-state index >= 15 is 0 Å². The second-order valence-electron chi connectivity index (χ2n) is 0.909. The van der Waals surface area contributed by atoms with Crippen LogP contribution in [0.4, 0.5) is 0 Å². The third-order valence-corrected chi connectivity index (χ3v) is 0.480. The molecule has 6 heavy (non-hydrogen) atoms. The molecule has 0 bridgehead atoms. The summed E-state index contributed by atoms with van der Waals surface area (Å²) < 4.78 is 0. The van der Waals surface area contributed by atoms with Crippen LogP contribution in [-0.4, -0.2) is 9.94 Å². The first-order valence-electron chi connectivity index (χ1n) is 1.57. The molecule has 0 N–H and O–H groups in total. The molecule has 0 aliphatic rings. The largest absolute Gasteiger partial charge is 0.790 e. The summed E-state index contributed by atoms with van der Waals surface area (Å²) in [4.78, 5) is 0.500. The highest BCUT2D eigenvalue weighted by Gasteiger charge is 1.63. The molecule has 0 saturated carbocycles. The van der Waals surface area contributed by atoms with Crippen LogP contribution in [0.15, 0.2) is 18.5 Å². The smallest absolute Gasteiger partial charge is 0.0486 e. The van der Waals surface area contributed by atoms with Gasteiger partial charge in [0.05, 0.1) is 0 Å². The Labute approximate surface area is 34.8 Å². The molecule has 0 unspecified atom stereocenters. The maximum Gasteiger partial charge on any atom is 0.0486 e. The lowest BCUT2D eigenvalue weighted by molar-refractivity contribution is 0.888. The van der Waals surface area contributed by atoms with Crippen LogP contribution in [0.3, 0.4) is 0 Å². The van der Waals surface area contributed by atoms with Crippen molar-refractivity contribution in [2.45, 2.75) is 0 Å². The summed E-state index contributed by atoms with van der Waals surface area (Å²) in [6.07, 6.45) is 2.77. The molecule has 0 atom stereocenters. The summed E-state index contributed by atoms with van der Waals surface area (Å²) in [5, 5.41) is 13.2. The molecule has 3 heteroatoms. The molecule has 0 aliphatic heterocycles. The topological polar surface area (TPSA) is 40.9 Å². The van der Waals surface area contributed by atoms with E-state index in [1.165, 1.54) is 12.4 Å². The predicted molar refractivity (Wildman–Crippen MR) is 21.0 cm³/mol. The predicted octanol–water partition coefficient (Wildman–Crippen LogP) is 0.229. The lowest BCUT2D eigenvalue weighted by Gasteiger charge is -1.97. The van der Waals surface area contributed by atoms with Gasteiger partial charge >= 0.3 is 0 Å². The average molecular weight is 83.1 g/mol. The first-order chi connectivity index (χ1) is 2.89. The van der Waals surface area contributed by atoms with Crippen molar-refractivity contribution in [3.05, 3.63) is 23.7 Å². The first-order valence-corrected chi connectivity index (χ1v) is 1.57. The van der Waals surface area contributed by atoms with Crippen LogP contribution in [0, 0.1) is 5.21 Å². The van der Waals surface area contributed by atoms with E-state index < -0.39 is 0 Å². The summed E-state index contributed by atoms with van der Waals surface area (Å²) in [6.45, 7) is 0. The van der Waals surface area contributed by atoms with Crippen LogP contribution in [0.2, 0.25) is 0 Å². The molecule has 3 nitrogen and oxygen atoms in total. The van der Waals surface area contributed by atoms with Crippen molar-refractivity contribution in [1.29, 1.82) is 0 Å². The zero-order chi connectivity index (χ0) is 4.41. The van der Waals surface area contributed by atoms with Gasteiger partial charge in [0.2, 0.25) is 0 Å². The molecular weight excluding hydrogens is 80.0 g/mol. The Bertz CT molecular complexity index is 112. The number of hydrogen-bond donors (Lipinski definition) is 0. The van der Waals surface area contributed by atoms with Gasteiger partial charge in [-0.2, -0.15) is 5.10 Å². The van der Waals surface area contributed by atoms with Crippen LogP contribution >= 0.6 is 0 Å². The van der Waals surface area contributed by atoms with Gasteiger partial charge in [-0.1, -0.05) is 0 Å². The van der Waals surface area contributed by atoms with Crippen molar-refractivity contribution in [2.24, 2.45) is 0 Å². The number of hydrogen-bond acceptors (Lipinski definition) is 2. The lowest BCUT2D eigenvalue weighted by atomic mass is 10.8. The summed E-state index contributed by atoms with van der Waals surface area (Å²) in [7, 11) is 0. The second-order valence-corrected chi connectivity index (χ2v) is 0.909. The molecule has 0 radical (unpaired) electrons. The maximum atomic E-state index is 9.88. The maximum absolute atomic E-state index is 9.88. The molecule has 1 rings (SSSR count). The fourth-order valence-electron chi connectivity index (χ4n) is 0.255. The monoisotopic (exact) mass is 83.0 g/mol. The Morgan fingerprint density at radius 1 is 1.67 bits per heavy atom. The van der Waals surface area contributed by atoms with Crippen LogP contribution in [-0.2, 0) is 0 Å². The highest BCUT2D eigenvalue weighted by atomic mass is 16.5. The van der Waals surface area contributed by atoms with E-state index in [0.717, 1.165) is 0 Å². The van der Waals surface area contributed by atoms with Crippen LogP contribution in [0.5, 0.6) is 0 Å². The molecule has 1 heterocycles. The highest BCUT2D eigenvalue weighted by molar-refractivity contribution is 4.78. The van der Waals surface area contributed by atoms with Gasteiger partial charge in [0.1, 0.15) is 0 Å². The summed E-state index contributed by atoms with van der Waals surface area (Å²) in [5.74, 6) is 0. The molecule has 0 spiro atoms. The van der Waals surface area contributed by atoms with Crippen molar-refractivity contribution >= 4 is 0 Å². The van der Waals surface area contributed by atoms with Crippen molar-refractivity contribution in [1.82, 2.24) is 9.94 Å². The molecular formula is C3H3N2O-. The molecule has 0 aliphatic carbocycles. The number of rotatable bonds is 0. The van der Waals surface area contributed by atoms with Gasteiger partial charge in [-0.25, -0.2) is 0 Å². The van der Waals surface area contributed by atoms with Gasteiger partial charge in [-0.15, -0.1) is 0 Å². The minimum atomic E-state index is 0.500. The lowest BCUT2D eigenvalue weighted by Crippen LogP contribution is -1.80.